The number of likely N-dealkylation sites (tertiary alicyclic amines) is 1. The van der Waals surface area contributed by atoms with Gasteiger partial charge in [0.1, 0.15) is 5.54 Å². The molecule has 0 aromatic heterocycles. The van der Waals surface area contributed by atoms with E-state index in [9.17, 15) is 15.3 Å². The molecule has 1 spiro atoms. The second-order valence-corrected chi connectivity index (χ2v) is 8.20. The van der Waals surface area contributed by atoms with Crippen molar-refractivity contribution in [2.75, 3.05) is 13.6 Å². The summed E-state index contributed by atoms with van der Waals surface area (Å²) in [5.41, 5.74) is -0.754. The Morgan fingerprint density at radius 3 is 2.34 bits per heavy atom. The molecule has 0 bridgehead atoms. The SMILES string of the molecule is CN1C[C@H](c2ccc(Cl)cc2)C(C#N)(C#N)[C@]12C(=O)c1cccc3cccc2c13. The lowest BCUT2D eigenvalue weighted by Gasteiger charge is -2.39. The van der Waals surface area contributed by atoms with Gasteiger partial charge in [-0.1, -0.05) is 60.1 Å². The predicted molar refractivity (Wildman–Crippen MR) is 110 cm³/mol. The average Bonchev–Trinajstić information content (AvgIpc) is 3.16. The van der Waals surface area contributed by atoms with E-state index in [1.165, 1.54) is 0 Å². The molecule has 5 heteroatoms. The smallest absolute Gasteiger partial charge is 0.191 e. The highest BCUT2D eigenvalue weighted by Crippen LogP contribution is 2.62. The zero-order valence-electron chi connectivity index (χ0n) is 15.7. The van der Waals surface area contributed by atoms with Gasteiger partial charge in [0.2, 0.25) is 0 Å². The Bertz CT molecular complexity index is 1250. The van der Waals surface area contributed by atoms with Gasteiger partial charge in [0.05, 0.1) is 12.1 Å². The molecule has 5 rings (SSSR count). The Balaban J connectivity index is 1.85. The predicted octanol–water partition coefficient (Wildman–Crippen LogP) is 4.65. The van der Waals surface area contributed by atoms with Crippen LogP contribution in [0.2, 0.25) is 5.02 Å². The van der Waals surface area contributed by atoms with Crippen LogP contribution in [0.1, 0.15) is 27.4 Å². The quantitative estimate of drug-likeness (QED) is 0.599. The van der Waals surface area contributed by atoms with Gasteiger partial charge in [0.25, 0.3) is 0 Å². The van der Waals surface area contributed by atoms with E-state index in [0.29, 0.717) is 17.1 Å². The minimum absolute atomic E-state index is 0.175. The normalized spacial score (nSPS) is 24.7. The van der Waals surface area contributed by atoms with Crippen molar-refractivity contribution in [1.29, 1.82) is 10.5 Å². The molecule has 140 valence electrons. The molecular formula is C24H16ClN3O. The third kappa shape index (κ3) is 1.93. The molecular weight excluding hydrogens is 382 g/mol. The van der Waals surface area contributed by atoms with E-state index in [4.69, 9.17) is 11.6 Å². The molecule has 2 aliphatic rings. The third-order valence-electron chi connectivity index (χ3n) is 6.62. The Hall–Kier alpha value is -3.18. The molecule has 0 radical (unpaired) electrons. The van der Waals surface area contributed by atoms with Crippen molar-refractivity contribution in [3.63, 3.8) is 0 Å². The summed E-state index contributed by atoms with van der Waals surface area (Å²) in [6, 6.07) is 23.2. The molecule has 3 aromatic rings. The Labute approximate surface area is 173 Å². The molecule has 29 heavy (non-hydrogen) atoms. The molecule has 1 fully saturated rings. The number of ketones is 1. The molecule has 0 N–H and O–H groups in total. The van der Waals surface area contributed by atoms with Crippen LogP contribution in [0, 0.1) is 28.1 Å². The first-order valence-corrected chi connectivity index (χ1v) is 9.75. The number of nitriles is 2. The van der Waals surface area contributed by atoms with Crippen molar-refractivity contribution in [2.24, 2.45) is 5.41 Å². The fourth-order valence-electron chi connectivity index (χ4n) is 5.41. The van der Waals surface area contributed by atoms with Gasteiger partial charge in [-0.25, -0.2) is 0 Å². The minimum Gasteiger partial charge on any atom is -0.292 e. The van der Waals surface area contributed by atoms with Crippen LogP contribution < -0.4 is 0 Å². The molecule has 0 saturated carbocycles. The first-order valence-electron chi connectivity index (χ1n) is 9.37. The summed E-state index contributed by atoms with van der Waals surface area (Å²) in [6.45, 7) is 0.416. The minimum atomic E-state index is -1.57. The lowest BCUT2D eigenvalue weighted by Crippen LogP contribution is -2.53. The van der Waals surface area contributed by atoms with Crippen LogP contribution in [0.3, 0.4) is 0 Å². The molecule has 1 aliphatic heterocycles. The Morgan fingerprint density at radius 2 is 1.69 bits per heavy atom. The van der Waals surface area contributed by atoms with Crippen molar-refractivity contribution in [3.05, 3.63) is 82.4 Å². The first kappa shape index (κ1) is 17.9. The van der Waals surface area contributed by atoms with Crippen LogP contribution in [0.5, 0.6) is 0 Å². The van der Waals surface area contributed by atoms with Crippen molar-refractivity contribution in [3.8, 4) is 12.1 Å². The van der Waals surface area contributed by atoms with Crippen LogP contribution in [0.25, 0.3) is 10.8 Å². The Kier molecular flexibility index (Phi) is 3.64. The van der Waals surface area contributed by atoms with E-state index in [1.807, 2.05) is 54.4 Å². The maximum Gasteiger partial charge on any atom is 0.191 e. The molecule has 1 heterocycles. The fourth-order valence-corrected chi connectivity index (χ4v) is 5.54. The van der Waals surface area contributed by atoms with Crippen LogP contribution in [0.4, 0.5) is 0 Å². The van der Waals surface area contributed by atoms with Gasteiger partial charge >= 0.3 is 0 Å². The molecule has 4 nitrogen and oxygen atoms in total. The highest BCUT2D eigenvalue weighted by Gasteiger charge is 2.72. The van der Waals surface area contributed by atoms with Crippen LogP contribution in [-0.4, -0.2) is 24.3 Å². The average molecular weight is 398 g/mol. The van der Waals surface area contributed by atoms with Gasteiger partial charge in [-0.15, -0.1) is 0 Å². The van der Waals surface area contributed by atoms with E-state index >= 15 is 0 Å². The van der Waals surface area contributed by atoms with Crippen molar-refractivity contribution in [1.82, 2.24) is 4.90 Å². The fraction of sp³-hybridized carbons (Fsp3) is 0.208. The van der Waals surface area contributed by atoms with Crippen molar-refractivity contribution in [2.45, 2.75) is 11.5 Å². The van der Waals surface area contributed by atoms with Gasteiger partial charge in [0.15, 0.2) is 11.2 Å². The zero-order valence-corrected chi connectivity index (χ0v) is 16.4. The maximum atomic E-state index is 13.9. The lowest BCUT2D eigenvalue weighted by atomic mass is 9.62. The Morgan fingerprint density at radius 1 is 1.03 bits per heavy atom. The summed E-state index contributed by atoms with van der Waals surface area (Å²) in [7, 11) is 1.84. The second-order valence-electron chi connectivity index (χ2n) is 7.77. The number of halogens is 1. The standard InChI is InChI=1S/C24H16ClN3O/c1-28-12-20(15-8-10-17(25)11-9-15)23(13-26,14-27)24(28)19-7-3-5-16-4-2-6-18(21(16)19)22(24)29/h2-11,20H,12H2,1H3/t20-,24+/m1/s1. The molecule has 1 aliphatic carbocycles. The van der Waals surface area contributed by atoms with E-state index in [2.05, 4.69) is 12.1 Å². The number of carbonyl (C=O) groups excluding carboxylic acids is 1. The molecule has 0 unspecified atom stereocenters. The summed E-state index contributed by atoms with van der Waals surface area (Å²) >= 11 is 6.05. The van der Waals surface area contributed by atoms with Gasteiger partial charge in [-0.3, -0.25) is 9.69 Å². The molecule has 1 saturated heterocycles. The largest absolute Gasteiger partial charge is 0.292 e. The molecule has 3 aromatic carbocycles. The van der Waals surface area contributed by atoms with Crippen molar-refractivity contribution < 1.29 is 4.79 Å². The highest BCUT2D eigenvalue weighted by molar-refractivity contribution is 6.30. The summed E-state index contributed by atoms with van der Waals surface area (Å²) in [5.74, 6) is -0.625. The van der Waals surface area contributed by atoms with E-state index in [1.54, 1.807) is 18.2 Å². The number of carbonyl (C=O) groups is 1. The number of hydrogen-bond acceptors (Lipinski definition) is 4. The second kappa shape index (κ2) is 5.91. The van der Waals surface area contributed by atoms with Crippen LogP contribution in [-0.2, 0) is 5.54 Å². The number of likely N-dealkylation sites (N-methyl/N-ethyl adjacent to an activating group) is 1. The summed E-state index contributed by atoms with van der Waals surface area (Å²) in [6.07, 6.45) is 0. The van der Waals surface area contributed by atoms with E-state index < -0.39 is 16.9 Å². The summed E-state index contributed by atoms with van der Waals surface area (Å²) in [4.78, 5) is 15.8. The van der Waals surface area contributed by atoms with E-state index in [0.717, 1.165) is 21.9 Å². The highest BCUT2D eigenvalue weighted by atomic mass is 35.5. The van der Waals surface area contributed by atoms with E-state index in [-0.39, 0.29) is 5.78 Å². The monoisotopic (exact) mass is 397 g/mol. The van der Waals surface area contributed by atoms with Gasteiger partial charge < -0.3 is 0 Å². The lowest BCUT2D eigenvalue weighted by molar-refractivity contribution is 0.0614. The van der Waals surface area contributed by atoms with Gasteiger partial charge in [-0.2, -0.15) is 10.5 Å². The summed E-state index contributed by atoms with van der Waals surface area (Å²) in [5, 5.41) is 23.2. The van der Waals surface area contributed by atoms with Crippen LogP contribution >= 0.6 is 11.6 Å². The first-order chi connectivity index (χ1) is 14.0. The molecule has 2 atom stereocenters. The zero-order chi connectivity index (χ0) is 20.4. The molecule has 0 amide bonds. The summed E-state index contributed by atoms with van der Waals surface area (Å²) < 4.78 is 0. The maximum absolute atomic E-state index is 13.9. The van der Waals surface area contributed by atoms with Gasteiger partial charge in [0, 0.05) is 23.0 Å². The number of hydrogen-bond donors (Lipinski definition) is 0. The van der Waals surface area contributed by atoms with Crippen LogP contribution in [0.15, 0.2) is 60.7 Å². The van der Waals surface area contributed by atoms with Gasteiger partial charge in [-0.05, 0) is 41.1 Å². The number of benzene rings is 3. The topological polar surface area (TPSA) is 67.9 Å². The number of Topliss-reactive ketones (excluding diaryl/α,β-unsaturated/α-hetero) is 1. The van der Waals surface area contributed by atoms with Crippen molar-refractivity contribution >= 4 is 28.2 Å². The third-order valence-corrected chi connectivity index (χ3v) is 6.87. The number of nitrogens with zero attached hydrogens (tertiary/aromatic N) is 3. The number of fused-ring (bicyclic) bond motifs is 1. The number of rotatable bonds is 1.